The van der Waals surface area contributed by atoms with Gasteiger partial charge in [-0.25, -0.2) is 0 Å². The van der Waals surface area contributed by atoms with Gasteiger partial charge in [-0.15, -0.1) is 0 Å². The Hall–Kier alpha value is -4.87. The third-order valence-electron chi connectivity index (χ3n) is 15.3. The highest BCUT2D eigenvalue weighted by Gasteiger charge is 2.48. The molecule has 5 aromatic carbocycles. The zero-order chi connectivity index (χ0) is 42.3. The summed E-state index contributed by atoms with van der Waals surface area (Å²) in [6, 6.07) is 29.8. The number of hydrogen-bond donors (Lipinski definition) is 0. The Labute approximate surface area is 363 Å². The fourth-order valence-corrected chi connectivity index (χ4v) is 11.8. The normalized spacial score (nSPS) is 25.3. The third kappa shape index (κ3) is 7.29. The predicted molar refractivity (Wildman–Crippen MR) is 247 cm³/mol. The Kier molecular flexibility index (Phi) is 11.6. The number of rotatable bonds is 12. The number of carbonyl (C=O) groups is 1. The van der Waals surface area contributed by atoms with Crippen LogP contribution < -0.4 is 14.2 Å². The average Bonchev–Trinajstić information content (AvgIpc) is 3.60. The summed E-state index contributed by atoms with van der Waals surface area (Å²) in [4.78, 5) is 14.2. The monoisotopic (exact) mass is 816 g/mol. The van der Waals surface area contributed by atoms with Gasteiger partial charge in [0.15, 0.2) is 5.60 Å². The van der Waals surface area contributed by atoms with Crippen LogP contribution in [-0.4, -0.2) is 20.2 Å². The van der Waals surface area contributed by atoms with E-state index in [0.717, 1.165) is 117 Å². The summed E-state index contributed by atoms with van der Waals surface area (Å²) < 4.78 is 26.3. The van der Waals surface area contributed by atoms with Gasteiger partial charge in [0.25, 0.3) is 0 Å². The standard InChI is InChI=1S/C56H64O5/c1-7-9-10-13-38-18-20-39(21-19-38)40-22-24-41(25-23-40)54(57)60-50-35-47-48(34-37(50)4)53-46(52-51(47)45-14-11-12-15-49(45)55(52,8-2)59-6)32-33-56(61-53,42-26-16-36(3)17-27-42)43-28-30-44(58-5)31-29-43/h11-12,14-17,26-35,38-41H,7-10,13,18-25H2,1-6H3. The van der Waals surface area contributed by atoms with Gasteiger partial charge in [-0.05, 0) is 135 Å². The number of aryl methyl sites for hydroxylation is 2. The molecular formula is C56H64O5. The summed E-state index contributed by atoms with van der Waals surface area (Å²) in [5.74, 6) is 4.55. The fraction of sp³-hybridized carbons (Fsp3) is 0.446. The Morgan fingerprint density at radius 1 is 0.770 bits per heavy atom. The largest absolute Gasteiger partial charge is 0.497 e. The van der Waals surface area contributed by atoms with Crippen molar-refractivity contribution < 1.29 is 23.7 Å². The minimum absolute atomic E-state index is 0.0685. The van der Waals surface area contributed by atoms with Crippen molar-refractivity contribution in [1.29, 1.82) is 0 Å². The summed E-state index contributed by atoms with van der Waals surface area (Å²) in [5.41, 5.74) is 8.02. The molecule has 61 heavy (non-hydrogen) atoms. The molecule has 2 saturated carbocycles. The predicted octanol–water partition coefficient (Wildman–Crippen LogP) is 14.2. The lowest BCUT2D eigenvalue weighted by molar-refractivity contribution is -0.140. The van der Waals surface area contributed by atoms with Crippen LogP contribution in [0.25, 0.3) is 28.0 Å². The molecule has 2 atom stereocenters. The Morgan fingerprint density at radius 3 is 2.10 bits per heavy atom. The van der Waals surface area contributed by atoms with Crippen LogP contribution in [0.5, 0.6) is 17.2 Å². The van der Waals surface area contributed by atoms with Gasteiger partial charge in [0.1, 0.15) is 22.8 Å². The minimum atomic E-state index is -0.923. The van der Waals surface area contributed by atoms with Gasteiger partial charge < -0.3 is 18.9 Å². The van der Waals surface area contributed by atoms with Crippen LogP contribution in [0.15, 0.2) is 91.0 Å². The number of fused-ring (bicyclic) bond motifs is 8. The smallest absolute Gasteiger partial charge is 0.314 e. The van der Waals surface area contributed by atoms with Crippen molar-refractivity contribution in [3.63, 3.8) is 0 Å². The molecule has 9 rings (SSSR count). The highest BCUT2D eigenvalue weighted by atomic mass is 16.5. The first-order valence-electron chi connectivity index (χ1n) is 23.3. The second kappa shape index (κ2) is 17.1. The van der Waals surface area contributed by atoms with E-state index in [2.05, 4.69) is 113 Å². The highest BCUT2D eigenvalue weighted by molar-refractivity contribution is 6.09. The minimum Gasteiger partial charge on any atom is -0.497 e. The summed E-state index contributed by atoms with van der Waals surface area (Å²) in [5, 5.41) is 1.98. The maximum absolute atomic E-state index is 14.2. The molecule has 1 heterocycles. The first kappa shape index (κ1) is 41.5. The van der Waals surface area contributed by atoms with Crippen molar-refractivity contribution >= 4 is 22.8 Å². The van der Waals surface area contributed by atoms with Crippen molar-refractivity contribution in [1.82, 2.24) is 0 Å². The number of esters is 1. The van der Waals surface area contributed by atoms with E-state index in [1.54, 1.807) is 7.11 Å². The van der Waals surface area contributed by atoms with Crippen molar-refractivity contribution in [3.05, 3.63) is 130 Å². The second-order valence-electron chi connectivity index (χ2n) is 18.7. The van der Waals surface area contributed by atoms with Crippen LogP contribution in [0.3, 0.4) is 0 Å². The SMILES string of the molecule is CCCCCC1CCC(C2CCC(C(=O)Oc3cc4c5c(c6c(c4cc3C)OC(c3ccc(C)cc3)(c3ccc(OC)cc3)C=C6)C(CC)(OC)c3ccccc3-5)CC2)CC1. The molecule has 0 radical (unpaired) electrons. The van der Waals surface area contributed by atoms with E-state index in [-0.39, 0.29) is 11.9 Å². The number of carbonyl (C=O) groups excluding carboxylic acids is 1. The molecule has 2 unspecified atom stereocenters. The molecule has 4 aliphatic rings. The van der Waals surface area contributed by atoms with E-state index < -0.39 is 11.2 Å². The first-order valence-corrected chi connectivity index (χ1v) is 23.3. The van der Waals surface area contributed by atoms with E-state index in [0.29, 0.717) is 5.75 Å². The van der Waals surface area contributed by atoms with Crippen LogP contribution in [0.2, 0.25) is 0 Å². The van der Waals surface area contributed by atoms with Crippen molar-refractivity contribution in [3.8, 4) is 28.4 Å². The number of unbranched alkanes of at least 4 members (excludes halogenated alkanes) is 2. The van der Waals surface area contributed by atoms with E-state index in [9.17, 15) is 4.79 Å². The number of benzene rings is 5. The molecule has 0 aromatic heterocycles. The summed E-state index contributed by atoms with van der Waals surface area (Å²) >= 11 is 0. The number of hydrogen-bond acceptors (Lipinski definition) is 5. The second-order valence-corrected chi connectivity index (χ2v) is 18.7. The third-order valence-corrected chi connectivity index (χ3v) is 15.3. The van der Waals surface area contributed by atoms with Gasteiger partial charge in [-0.3, -0.25) is 4.79 Å². The molecule has 5 nitrogen and oxygen atoms in total. The lowest BCUT2D eigenvalue weighted by Gasteiger charge is -2.39. The van der Waals surface area contributed by atoms with Crippen LogP contribution in [-0.2, 0) is 20.7 Å². The Bertz CT molecular complexity index is 2410. The van der Waals surface area contributed by atoms with Gasteiger partial charge in [0.2, 0.25) is 0 Å². The molecule has 3 aliphatic carbocycles. The lowest BCUT2D eigenvalue weighted by atomic mass is 9.68. The van der Waals surface area contributed by atoms with Crippen molar-refractivity contribution in [2.75, 3.05) is 14.2 Å². The molecular weight excluding hydrogens is 753 g/mol. The number of methoxy groups -OCH3 is 2. The average molecular weight is 817 g/mol. The fourth-order valence-electron chi connectivity index (χ4n) is 11.8. The van der Waals surface area contributed by atoms with Gasteiger partial charge >= 0.3 is 5.97 Å². The molecule has 5 aromatic rings. The van der Waals surface area contributed by atoms with E-state index in [1.165, 1.54) is 56.9 Å². The summed E-state index contributed by atoms with van der Waals surface area (Å²) in [7, 11) is 3.52. The summed E-state index contributed by atoms with van der Waals surface area (Å²) in [6.45, 7) is 8.67. The molecule has 2 fully saturated rings. The van der Waals surface area contributed by atoms with Crippen molar-refractivity contribution in [2.45, 2.75) is 122 Å². The molecule has 1 aliphatic heterocycles. The molecule has 0 amide bonds. The Balaban J connectivity index is 1.08. The van der Waals surface area contributed by atoms with Gasteiger partial charge in [0, 0.05) is 34.7 Å². The van der Waals surface area contributed by atoms with Gasteiger partial charge in [0.05, 0.1) is 13.0 Å². The van der Waals surface area contributed by atoms with E-state index >= 15 is 0 Å². The summed E-state index contributed by atoms with van der Waals surface area (Å²) in [6.07, 6.45) is 20.3. The van der Waals surface area contributed by atoms with Crippen LogP contribution in [0.1, 0.15) is 136 Å². The zero-order valence-corrected chi connectivity index (χ0v) is 37.3. The molecule has 0 spiro atoms. The first-order chi connectivity index (χ1) is 29.7. The van der Waals surface area contributed by atoms with Crippen LogP contribution in [0.4, 0.5) is 0 Å². The van der Waals surface area contributed by atoms with Crippen molar-refractivity contribution in [2.24, 2.45) is 23.7 Å². The molecule has 0 saturated heterocycles. The lowest BCUT2D eigenvalue weighted by Crippen LogP contribution is -2.35. The van der Waals surface area contributed by atoms with Crippen LogP contribution in [0, 0.1) is 37.5 Å². The zero-order valence-electron chi connectivity index (χ0n) is 37.3. The quantitative estimate of drug-likeness (QED) is 0.0713. The van der Waals surface area contributed by atoms with E-state index in [1.807, 2.05) is 19.2 Å². The molecule has 318 valence electrons. The topological polar surface area (TPSA) is 54.0 Å². The van der Waals surface area contributed by atoms with E-state index in [4.69, 9.17) is 18.9 Å². The maximum Gasteiger partial charge on any atom is 0.314 e. The molecule has 0 N–H and O–H groups in total. The molecule has 5 heteroatoms. The van der Waals surface area contributed by atoms with Crippen LogP contribution >= 0.6 is 0 Å². The molecule has 0 bridgehead atoms. The Morgan fingerprint density at radius 2 is 1.44 bits per heavy atom. The van der Waals surface area contributed by atoms with Gasteiger partial charge in [-0.2, -0.15) is 0 Å². The highest BCUT2D eigenvalue weighted by Crippen LogP contribution is 2.60. The maximum atomic E-state index is 14.2. The van der Waals surface area contributed by atoms with Gasteiger partial charge in [-0.1, -0.05) is 125 Å². The number of ether oxygens (including phenoxy) is 4.